The van der Waals surface area contributed by atoms with Gasteiger partial charge in [0, 0.05) is 5.88 Å². The molecule has 0 aromatic heterocycles. The van der Waals surface area contributed by atoms with E-state index in [1.807, 2.05) is 0 Å². The molecule has 6 heavy (non-hydrogen) atoms. The van der Waals surface area contributed by atoms with Crippen molar-refractivity contribution in [3.05, 3.63) is 12.2 Å². The van der Waals surface area contributed by atoms with Crippen LogP contribution in [0.2, 0.25) is 0 Å². The summed E-state index contributed by atoms with van der Waals surface area (Å²) >= 11 is 5.43. The monoisotopic (exact) mass is 102 g/mol. The molecule has 0 aliphatic heterocycles. The number of allylic oxidation sites excluding steroid dienone is 1. The predicted molar refractivity (Wildman–Crippen MR) is 28.0 cm³/mol. The molecule has 0 bridgehead atoms. The van der Waals surface area contributed by atoms with Gasteiger partial charge >= 0.3 is 0 Å². The maximum Gasteiger partial charge on any atom is 0.0292 e. The molecule has 1 heteroatoms. The second-order valence-electron chi connectivity index (χ2n) is 1.71. The van der Waals surface area contributed by atoms with E-state index in [2.05, 4.69) is 6.58 Å². The van der Waals surface area contributed by atoms with Crippen molar-refractivity contribution >= 4 is 11.6 Å². The SMILES string of the molecule is C=C1CC1CCl. The highest BCUT2D eigenvalue weighted by Gasteiger charge is 2.25. The fourth-order valence-electron chi connectivity index (χ4n) is 0.421. The summed E-state index contributed by atoms with van der Waals surface area (Å²) in [4.78, 5) is 0. The Morgan fingerprint density at radius 2 is 2.50 bits per heavy atom. The zero-order valence-electron chi connectivity index (χ0n) is 3.58. The molecule has 0 aromatic carbocycles. The van der Waals surface area contributed by atoms with Gasteiger partial charge in [0.15, 0.2) is 0 Å². The van der Waals surface area contributed by atoms with Crippen molar-refractivity contribution in [1.29, 1.82) is 0 Å². The summed E-state index contributed by atoms with van der Waals surface area (Å²) in [6.07, 6.45) is 1.17. The largest absolute Gasteiger partial charge is 0.126 e. The highest BCUT2D eigenvalue weighted by molar-refractivity contribution is 6.18. The summed E-state index contributed by atoms with van der Waals surface area (Å²) in [6.45, 7) is 3.73. The predicted octanol–water partition coefficient (Wildman–Crippen LogP) is 1.80. The average Bonchev–Trinajstić information content (AvgIpc) is 2.19. The Morgan fingerprint density at radius 3 is 2.50 bits per heavy atom. The van der Waals surface area contributed by atoms with Crippen LogP contribution in [0.3, 0.4) is 0 Å². The van der Waals surface area contributed by atoms with Crippen molar-refractivity contribution < 1.29 is 0 Å². The molecule has 0 aromatic rings. The van der Waals surface area contributed by atoms with E-state index in [1.54, 1.807) is 0 Å². The van der Waals surface area contributed by atoms with Crippen LogP contribution in [0, 0.1) is 5.92 Å². The van der Waals surface area contributed by atoms with Gasteiger partial charge in [0.05, 0.1) is 0 Å². The molecule has 1 fully saturated rings. The van der Waals surface area contributed by atoms with Gasteiger partial charge in [-0.2, -0.15) is 0 Å². The van der Waals surface area contributed by atoms with Crippen LogP contribution in [-0.2, 0) is 0 Å². The molecule has 0 spiro atoms. The Labute approximate surface area is 42.8 Å². The molecular formula is C5H7Cl. The lowest BCUT2D eigenvalue weighted by atomic mass is 10.5. The quantitative estimate of drug-likeness (QED) is 0.350. The minimum atomic E-state index is 0.673. The third-order valence-corrected chi connectivity index (χ3v) is 1.48. The van der Waals surface area contributed by atoms with Crippen molar-refractivity contribution in [2.45, 2.75) is 6.42 Å². The lowest BCUT2D eigenvalue weighted by Crippen LogP contribution is -1.69. The Balaban J connectivity index is 2.26. The van der Waals surface area contributed by atoms with Crippen molar-refractivity contribution in [2.24, 2.45) is 5.92 Å². The van der Waals surface area contributed by atoms with E-state index in [0.717, 1.165) is 5.88 Å². The molecule has 0 radical (unpaired) electrons. The number of hydrogen-bond donors (Lipinski definition) is 0. The fraction of sp³-hybridized carbons (Fsp3) is 0.600. The normalized spacial score (nSPS) is 30.8. The van der Waals surface area contributed by atoms with Crippen molar-refractivity contribution in [2.75, 3.05) is 5.88 Å². The Bertz CT molecular complexity index is 76.0. The van der Waals surface area contributed by atoms with Crippen molar-refractivity contribution in [3.63, 3.8) is 0 Å². The van der Waals surface area contributed by atoms with E-state index < -0.39 is 0 Å². The molecule has 1 aliphatic rings. The second kappa shape index (κ2) is 1.27. The molecule has 1 rings (SSSR count). The topological polar surface area (TPSA) is 0 Å². The lowest BCUT2D eigenvalue weighted by Gasteiger charge is -1.71. The van der Waals surface area contributed by atoms with E-state index in [9.17, 15) is 0 Å². The summed E-state index contributed by atoms with van der Waals surface area (Å²) in [5, 5.41) is 0. The van der Waals surface area contributed by atoms with Gasteiger partial charge in [0.25, 0.3) is 0 Å². The van der Waals surface area contributed by atoms with E-state index in [0.29, 0.717) is 5.92 Å². The lowest BCUT2D eigenvalue weighted by molar-refractivity contribution is 1.03. The highest BCUT2D eigenvalue weighted by Crippen LogP contribution is 2.36. The molecule has 0 saturated heterocycles. The van der Waals surface area contributed by atoms with Crippen molar-refractivity contribution in [1.82, 2.24) is 0 Å². The summed E-state index contributed by atoms with van der Waals surface area (Å²) in [7, 11) is 0. The smallest absolute Gasteiger partial charge is 0.0292 e. The average molecular weight is 103 g/mol. The zero-order valence-corrected chi connectivity index (χ0v) is 4.33. The fourth-order valence-corrected chi connectivity index (χ4v) is 0.749. The number of rotatable bonds is 1. The van der Waals surface area contributed by atoms with Gasteiger partial charge < -0.3 is 0 Å². The van der Waals surface area contributed by atoms with Gasteiger partial charge in [0.2, 0.25) is 0 Å². The minimum absolute atomic E-state index is 0.673. The van der Waals surface area contributed by atoms with E-state index in [4.69, 9.17) is 11.6 Å². The first-order valence-electron chi connectivity index (χ1n) is 2.08. The molecule has 1 atom stereocenters. The maximum atomic E-state index is 5.43. The summed E-state index contributed by atoms with van der Waals surface area (Å²) in [5.74, 6) is 1.45. The second-order valence-corrected chi connectivity index (χ2v) is 2.02. The van der Waals surface area contributed by atoms with E-state index in [-0.39, 0.29) is 0 Å². The Hall–Kier alpha value is 0.0300. The van der Waals surface area contributed by atoms with Crippen LogP contribution in [0.15, 0.2) is 12.2 Å². The summed E-state index contributed by atoms with van der Waals surface area (Å²) in [5.41, 5.74) is 1.32. The Kier molecular flexibility index (Phi) is 0.886. The molecule has 1 saturated carbocycles. The first-order valence-corrected chi connectivity index (χ1v) is 2.61. The van der Waals surface area contributed by atoms with Gasteiger partial charge in [-0.3, -0.25) is 0 Å². The summed E-state index contributed by atoms with van der Waals surface area (Å²) in [6, 6.07) is 0. The third kappa shape index (κ3) is 0.574. The molecule has 1 unspecified atom stereocenters. The third-order valence-electron chi connectivity index (χ3n) is 1.11. The standard InChI is InChI=1S/C5H7Cl/c1-4-2-5(4)3-6/h5H,1-3H2. The molecule has 1 aliphatic carbocycles. The Morgan fingerprint density at radius 1 is 2.00 bits per heavy atom. The molecule has 0 N–H and O–H groups in total. The van der Waals surface area contributed by atoms with Gasteiger partial charge in [-0.05, 0) is 12.3 Å². The van der Waals surface area contributed by atoms with Gasteiger partial charge in [-0.1, -0.05) is 12.2 Å². The number of hydrogen-bond acceptors (Lipinski definition) is 0. The molecule has 0 nitrogen and oxygen atoms in total. The molecule has 0 amide bonds. The van der Waals surface area contributed by atoms with Crippen LogP contribution in [0.1, 0.15) is 6.42 Å². The first kappa shape index (κ1) is 4.20. The van der Waals surface area contributed by atoms with E-state index in [1.165, 1.54) is 12.0 Å². The zero-order chi connectivity index (χ0) is 4.57. The number of halogens is 1. The summed E-state index contributed by atoms with van der Waals surface area (Å²) < 4.78 is 0. The van der Waals surface area contributed by atoms with Crippen LogP contribution in [0.25, 0.3) is 0 Å². The van der Waals surface area contributed by atoms with Gasteiger partial charge in [0.1, 0.15) is 0 Å². The minimum Gasteiger partial charge on any atom is -0.126 e. The van der Waals surface area contributed by atoms with Crippen molar-refractivity contribution in [3.8, 4) is 0 Å². The van der Waals surface area contributed by atoms with Crippen LogP contribution < -0.4 is 0 Å². The van der Waals surface area contributed by atoms with Crippen LogP contribution >= 0.6 is 11.6 Å². The molecule has 34 valence electrons. The van der Waals surface area contributed by atoms with Crippen LogP contribution in [0.5, 0.6) is 0 Å². The highest BCUT2D eigenvalue weighted by atomic mass is 35.5. The van der Waals surface area contributed by atoms with Crippen LogP contribution in [-0.4, -0.2) is 5.88 Å². The molecular weight excluding hydrogens is 95.5 g/mol. The van der Waals surface area contributed by atoms with Gasteiger partial charge in [-0.25, -0.2) is 0 Å². The molecule has 0 heterocycles. The first-order chi connectivity index (χ1) is 2.84. The maximum absolute atomic E-state index is 5.43. The van der Waals surface area contributed by atoms with Crippen LogP contribution in [0.4, 0.5) is 0 Å². The van der Waals surface area contributed by atoms with Gasteiger partial charge in [-0.15, -0.1) is 11.6 Å². The number of alkyl halides is 1. The van der Waals surface area contributed by atoms with E-state index >= 15 is 0 Å².